The van der Waals surface area contributed by atoms with Crippen LogP contribution in [0.5, 0.6) is 0 Å². The summed E-state index contributed by atoms with van der Waals surface area (Å²) in [5.41, 5.74) is 0. The van der Waals surface area contributed by atoms with E-state index < -0.39 is 24.8 Å². The van der Waals surface area contributed by atoms with Gasteiger partial charge in [0.2, 0.25) is 0 Å². The molecule has 0 spiro atoms. The van der Waals surface area contributed by atoms with Crippen molar-refractivity contribution in [3.63, 3.8) is 0 Å². The molecular weight excluding hydrogens is 201 g/mol. The van der Waals surface area contributed by atoms with Crippen LogP contribution in [0.1, 0.15) is 0 Å². The minimum Gasteiger partial charge on any atom is -0.450 e. The van der Waals surface area contributed by atoms with Gasteiger partial charge in [-0.15, -0.1) is 0 Å². The summed E-state index contributed by atoms with van der Waals surface area (Å²) in [7, 11) is 0. The first kappa shape index (κ1) is 11.3. The maximum Gasteiger partial charge on any atom is 0.510 e. The number of rotatable bonds is 3. The number of halogens is 3. The molecule has 0 radical (unpaired) electrons. The molecule has 0 amide bonds. The van der Waals surface area contributed by atoms with Crippen molar-refractivity contribution in [2.45, 2.75) is 12.5 Å². The zero-order valence-electron chi connectivity index (χ0n) is 5.74. The van der Waals surface area contributed by atoms with Gasteiger partial charge in [-0.2, -0.15) is 13.2 Å². The molecule has 0 saturated heterocycles. The lowest BCUT2D eigenvalue weighted by Crippen LogP contribution is -2.38. The van der Waals surface area contributed by atoms with E-state index in [0.29, 0.717) is 0 Å². The standard InChI is InChI=1S/C4H3F3O6/c5-1(12-2(8)9)4(6,7)13-3(10)11/h1H,(H,8,9)(H,10,11). The van der Waals surface area contributed by atoms with Gasteiger partial charge >= 0.3 is 24.8 Å². The van der Waals surface area contributed by atoms with Gasteiger partial charge in [-0.3, -0.25) is 0 Å². The van der Waals surface area contributed by atoms with Gasteiger partial charge in [-0.1, -0.05) is 0 Å². The molecular formula is C4H3F3O6. The Bertz CT molecular complexity index is 216. The molecule has 0 bridgehead atoms. The molecule has 0 fully saturated rings. The maximum atomic E-state index is 12.1. The third-order valence-electron chi connectivity index (χ3n) is 0.692. The molecule has 1 unspecified atom stereocenters. The Morgan fingerprint density at radius 1 is 1.23 bits per heavy atom. The zero-order chi connectivity index (χ0) is 10.6. The van der Waals surface area contributed by atoms with E-state index in [4.69, 9.17) is 10.2 Å². The molecule has 0 heterocycles. The molecule has 13 heavy (non-hydrogen) atoms. The van der Waals surface area contributed by atoms with Crippen LogP contribution < -0.4 is 0 Å². The van der Waals surface area contributed by atoms with Crippen molar-refractivity contribution in [2.24, 2.45) is 0 Å². The predicted molar refractivity (Wildman–Crippen MR) is 28.1 cm³/mol. The van der Waals surface area contributed by atoms with E-state index >= 15 is 0 Å². The van der Waals surface area contributed by atoms with Gasteiger partial charge in [0.1, 0.15) is 0 Å². The molecule has 6 nitrogen and oxygen atoms in total. The Balaban J connectivity index is 4.25. The van der Waals surface area contributed by atoms with E-state index in [9.17, 15) is 22.8 Å². The zero-order valence-corrected chi connectivity index (χ0v) is 5.74. The van der Waals surface area contributed by atoms with Crippen molar-refractivity contribution >= 4 is 12.3 Å². The van der Waals surface area contributed by atoms with Crippen molar-refractivity contribution < 1.29 is 42.4 Å². The lowest BCUT2D eigenvalue weighted by molar-refractivity contribution is -0.296. The average molecular weight is 204 g/mol. The summed E-state index contributed by atoms with van der Waals surface area (Å²) < 4.78 is 41.8. The summed E-state index contributed by atoms with van der Waals surface area (Å²) in [6.45, 7) is 0. The Hall–Kier alpha value is -1.67. The van der Waals surface area contributed by atoms with E-state index in [-0.39, 0.29) is 0 Å². The number of hydrogen-bond donors (Lipinski definition) is 2. The number of hydrogen-bond acceptors (Lipinski definition) is 4. The highest BCUT2D eigenvalue weighted by Crippen LogP contribution is 2.24. The average Bonchev–Trinajstić information content (AvgIpc) is 1.81. The van der Waals surface area contributed by atoms with Crippen molar-refractivity contribution in [1.82, 2.24) is 0 Å². The Labute approximate surface area is 68.5 Å². The topological polar surface area (TPSA) is 93.1 Å². The Morgan fingerprint density at radius 2 is 1.69 bits per heavy atom. The minimum absolute atomic E-state index is 2.32. The van der Waals surface area contributed by atoms with Crippen molar-refractivity contribution in [2.75, 3.05) is 0 Å². The van der Waals surface area contributed by atoms with Crippen molar-refractivity contribution in [3.8, 4) is 0 Å². The Morgan fingerprint density at radius 3 is 2.00 bits per heavy atom. The van der Waals surface area contributed by atoms with E-state index in [0.717, 1.165) is 0 Å². The van der Waals surface area contributed by atoms with Gasteiger partial charge in [-0.05, 0) is 0 Å². The molecule has 0 aromatic rings. The van der Waals surface area contributed by atoms with Crippen LogP contribution in [-0.2, 0) is 9.47 Å². The summed E-state index contributed by atoms with van der Waals surface area (Å²) >= 11 is 0. The monoisotopic (exact) mass is 204 g/mol. The highest BCUT2D eigenvalue weighted by molar-refractivity contribution is 5.58. The second kappa shape index (κ2) is 3.83. The fraction of sp³-hybridized carbons (Fsp3) is 0.500. The van der Waals surface area contributed by atoms with Crippen LogP contribution in [-0.4, -0.2) is 35.0 Å². The molecule has 76 valence electrons. The lowest BCUT2D eigenvalue weighted by atomic mass is 10.6. The normalized spacial score (nSPS) is 13.2. The second-order valence-corrected chi connectivity index (χ2v) is 1.63. The van der Waals surface area contributed by atoms with Crippen LogP contribution in [0, 0.1) is 0 Å². The van der Waals surface area contributed by atoms with Crippen LogP contribution >= 0.6 is 0 Å². The Kier molecular flexibility index (Phi) is 3.33. The van der Waals surface area contributed by atoms with Crippen molar-refractivity contribution in [3.05, 3.63) is 0 Å². The fourth-order valence-corrected chi connectivity index (χ4v) is 0.320. The van der Waals surface area contributed by atoms with E-state index in [1.54, 1.807) is 0 Å². The number of carbonyl (C=O) groups is 2. The minimum atomic E-state index is -4.86. The highest BCUT2D eigenvalue weighted by Gasteiger charge is 2.48. The third-order valence-corrected chi connectivity index (χ3v) is 0.692. The molecule has 1 atom stereocenters. The number of carboxylic acid groups (broad SMARTS) is 2. The summed E-state index contributed by atoms with van der Waals surface area (Å²) in [5.74, 6) is 0. The van der Waals surface area contributed by atoms with Crippen LogP contribution in [0.25, 0.3) is 0 Å². The first-order chi connectivity index (χ1) is 5.75. The summed E-state index contributed by atoms with van der Waals surface area (Å²) in [5, 5.41) is 15.3. The summed E-state index contributed by atoms with van der Waals surface area (Å²) in [6.07, 6.45) is -13.3. The summed E-state index contributed by atoms with van der Waals surface area (Å²) in [4.78, 5) is 19.1. The number of ether oxygens (including phenoxy) is 2. The molecule has 0 aliphatic heterocycles. The molecule has 9 heteroatoms. The molecule has 0 rings (SSSR count). The van der Waals surface area contributed by atoms with Gasteiger partial charge in [-0.25, -0.2) is 9.59 Å². The molecule has 0 aromatic heterocycles. The van der Waals surface area contributed by atoms with E-state index in [1.807, 2.05) is 0 Å². The fourth-order valence-electron chi connectivity index (χ4n) is 0.320. The summed E-state index contributed by atoms with van der Waals surface area (Å²) in [6, 6.07) is 0. The second-order valence-electron chi connectivity index (χ2n) is 1.63. The molecule has 2 N–H and O–H groups in total. The first-order valence-corrected chi connectivity index (χ1v) is 2.59. The van der Waals surface area contributed by atoms with E-state index in [2.05, 4.69) is 9.47 Å². The largest absolute Gasteiger partial charge is 0.510 e. The maximum absolute atomic E-state index is 12.1. The van der Waals surface area contributed by atoms with Crippen LogP contribution in [0.15, 0.2) is 0 Å². The van der Waals surface area contributed by atoms with Crippen molar-refractivity contribution in [1.29, 1.82) is 0 Å². The number of alkyl halides is 3. The lowest BCUT2D eigenvalue weighted by Gasteiger charge is -2.16. The first-order valence-electron chi connectivity index (χ1n) is 2.59. The van der Waals surface area contributed by atoms with E-state index in [1.165, 1.54) is 0 Å². The third kappa shape index (κ3) is 4.03. The van der Waals surface area contributed by atoms with Gasteiger partial charge in [0.15, 0.2) is 0 Å². The van der Waals surface area contributed by atoms with Gasteiger partial charge in [0.25, 0.3) is 0 Å². The van der Waals surface area contributed by atoms with Crippen LogP contribution in [0.3, 0.4) is 0 Å². The smallest absolute Gasteiger partial charge is 0.450 e. The van der Waals surface area contributed by atoms with Gasteiger partial charge in [0.05, 0.1) is 0 Å². The molecule has 0 saturated carbocycles. The van der Waals surface area contributed by atoms with Crippen LogP contribution in [0.2, 0.25) is 0 Å². The quantitative estimate of drug-likeness (QED) is 0.672. The molecule has 0 aliphatic rings. The molecule has 0 aliphatic carbocycles. The van der Waals surface area contributed by atoms with Gasteiger partial charge in [0, 0.05) is 0 Å². The predicted octanol–water partition coefficient (Wildman–Crippen LogP) is 1.26. The SMILES string of the molecule is O=C(O)OC(F)C(F)(F)OC(=O)O. The van der Waals surface area contributed by atoms with Gasteiger partial charge < -0.3 is 19.7 Å². The molecule has 0 aromatic carbocycles. The highest BCUT2D eigenvalue weighted by atomic mass is 19.3. The van der Waals surface area contributed by atoms with Crippen LogP contribution in [0.4, 0.5) is 22.8 Å².